The van der Waals surface area contributed by atoms with Gasteiger partial charge in [-0.2, -0.15) is 0 Å². The molecule has 0 bridgehead atoms. The molecule has 0 saturated heterocycles. The summed E-state index contributed by atoms with van der Waals surface area (Å²) in [6.45, 7) is -0.458. The lowest BCUT2D eigenvalue weighted by atomic mass is 10.3. The Bertz CT molecular complexity index is 310. The molecule has 0 saturated carbocycles. The SMILES string of the molecule is CSc1ccc(N(C)C(=O)CO)cc1. The number of benzene rings is 1. The highest BCUT2D eigenvalue weighted by Crippen LogP contribution is 2.19. The van der Waals surface area contributed by atoms with Gasteiger partial charge in [-0.3, -0.25) is 4.79 Å². The maximum Gasteiger partial charge on any atom is 0.252 e. The third-order valence-electron chi connectivity index (χ3n) is 1.97. The number of likely N-dealkylation sites (N-methyl/N-ethyl adjacent to an activating group) is 1. The van der Waals surface area contributed by atoms with E-state index in [1.54, 1.807) is 18.8 Å². The van der Waals surface area contributed by atoms with E-state index in [9.17, 15) is 4.79 Å². The fourth-order valence-electron chi connectivity index (χ4n) is 1.06. The first-order valence-corrected chi connectivity index (χ1v) is 5.43. The van der Waals surface area contributed by atoms with Crippen LogP contribution in [0.4, 0.5) is 5.69 Å². The second-order valence-corrected chi connectivity index (χ2v) is 3.69. The van der Waals surface area contributed by atoms with Crippen molar-refractivity contribution in [3.05, 3.63) is 24.3 Å². The van der Waals surface area contributed by atoms with Gasteiger partial charge in [0.1, 0.15) is 6.61 Å². The van der Waals surface area contributed by atoms with Crippen LogP contribution >= 0.6 is 11.8 Å². The van der Waals surface area contributed by atoms with Gasteiger partial charge < -0.3 is 10.0 Å². The molecule has 0 atom stereocenters. The lowest BCUT2D eigenvalue weighted by molar-refractivity contribution is -0.120. The number of carbonyl (C=O) groups is 1. The molecule has 0 heterocycles. The molecule has 14 heavy (non-hydrogen) atoms. The van der Waals surface area contributed by atoms with Crippen LogP contribution < -0.4 is 4.90 Å². The number of aliphatic hydroxyl groups is 1. The number of thioether (sulfide) groups is 1. The predicted octanol–water partition coefficient (Wildman–Crippen LogP) is 1.36. The number of amides is 1. The molecule has 0 aliphatic rings. The Morgan fingerprint density at radius 3 is 2.43 bits per heavy atom. The van der Waals surface area contributed by atoms with Gasteiger partial charge in [0.15, 0.2) is 0 Å². The van der Waals surface area contributed by atoms with E-state index in [4.69, 9.17) is 5.11 Å². The van der Waals surface area contributed by atoms with Crippen molar-refractivity contribution in [2.24, 2.45) is 0 Å². The normalized spacial score (nSPS) is 9.93. The van der Waals surface area contributed by atoms with Crippen molar-refractivity contribution >= 4 is 23.4 Å². The fraction of sp³-hybridized carbons (Fsp3) is 0.300. The van der Waals surface area contributed by atoms with Crippen molar-refractivity contribution in [3.63, 3.8) is 0 Å². The van der Waals surface area contributed by atoms with E-state index in [-0.39, 0.29) is 5.91 Å². The summed E-state index contributed by atoms with van der Waals surface area (Å²) < 4.78 is 0. The average Bonchev–Trinajstić information content (AvgIpc) is 2.27. The van der Waals surface area contributed by atoms with Crippen molar-refractivity contribution in [1.29, 1.82) is 0 Å². The molecule has 4 heteroatoms. The van der Waals surface area contributed by atoms with Gasteiger partial charge in [0.25, 0.3) is 5.91 Å². The van der Waals surface area contributed by atoms with Gasteiger partial charge in [-0.25, -0.2) is 0 Å². The molecule has 0 spiro atoms. The molecule has 1 aromatic carbocycles. The van der Waals surface area contributed by atoms with E-state index in [1.807, 2.05) is 30.5 Å². The van der Waals surface area contributed by atoms with E-state index in [0.29, 0.717) is 0 Å². The number of anilines is 1. The third-order valence-corrected chi connectivity index (χ3v) is 2.71. The Balaban J connectivity index is 2.81. The number of aliphatic hydroxyl groups excluding tert-OH is 1. The first kappa shape index (κ1) is 11.1. The van der Waals surface area contributed by atoms with Crippen LogP contribution in [0.5, 0.6) is 0 Å². The van der Waals surface area contributed by atoms with Gasteiger partial charge in [-0.15, -0.1) is 11.8 Å². The number of carbonyl (C=O) groups excluding carboxylic acids is 1. The third kappa shape index (κ3) is 2.49. The zero-order chi connectivity index (χ0) is 10.6. The summed E-state index contributed by atoms with van der Waals surface area (Å²) in [5.41, 5.74) is 0.793. The van der Waals surface area contributed by atoms with Crippen LogP contribution in [0.25, 0.3) is 0 Å². The Morgan fingerprint density at radius 2 is 2.00 bits per heavy atom. The van der Waals surface area contributed by atoms with Crippen molar-refractivity contribution < 1.29 is 9.90 Å². The minimum absolute atomic E-state index is 0.304. The fourth-order valence-corrected chi connectivity index (χ4v) is 1.46. The predicted molar refractivity (Wildman–Crippen MR) is 58.7 cm³/mol. The zero-order valence-corrected chi connectivity index (χ0v) is 9.04. The standard InChI is InChI=1S/C10H13NO2S/c1-11(10(13)7-12)8-3-5-9(14-2)6-4-8/h3-6,12H,7H2,1-2H3. The van der Waals surface area contributed by atoms with Gasteiger partial charge in [0, 0.05) is 17.6 Å². The molecule has 3 nitrogen and oxygen atoms in total. The molecule has 0 aliphatic carbocycles. The molecule has 0 aliphatic heterocycles. The molecule has 0 aromatic heterocycles. The molecule has 1 amide bonds. The van der Waals surface area contributed by atoms with Gasteiger partial charge in [-0.1, -0.05) is 0 Å². The second kappa shape index (κ2) is 5.02. The smallest absolute Gasteiger partial charge is 0.252 e. The largest absolute Gasteiger partial charge is 0.387 e. The number of nitrogens with zero attached hydrogens (tertiary/aromatic N) is 1. The molecular formula is C10H13NO2S. The molecule has 1 N–H and O–H groups in total. The Labute approximate surface area is 87.7 Å². The van der Waals surface area contributed by atoms with Crippen molar-refractivity contribution in [2.75, 3.05) is 24.8 Å². The van der Waals surface area contributed by atoms with Crippen LogP contribution in [0.15, 0.2) is 29.2 Å². The summed E-state index contributed by atoms with van der Waals surface area (Å²) in [7, 11) is 1.65. The molecular weight excluding hydrogens is 198 g/mol. The lowest BCUT2D eigenvalue weighted by Crippen LogP contribution is -2.28. The van der Waals surface area contributed by atoms with Crippen LogP contribution in [0.3, 0.4) is 0 Å². The molecule has 0 radical (unpaired) electrons. The highest BCUT2D eigenvalue weighted by atomic mass is 32.2. The first-order chi connectivity index (χ1) is 6.69. The van der Waals surface area contributed by atoms with E-state index in [1.165, 1.54) is 4.90 Å². The summed E-state index contributed by atoms with van der Waals surface area (Å²) in [6.07, 6.45) is 2.00. The summed E-state index contributed by atoms with van der Waals surface area (Å²) in [6, 6.07) is 7.61. The molecule has 1 aromatic rings. The van der Waals surface area contributed by atoms with E-state index >= 15 is 0 Å². The Hall–Kier alpha value is -1.00. The molecule has 76 valence electrons. The van der Waals surface area contributed by atoms with Crippen molar-refractivity contribution in [3.8, 4) is 0 Å². The summed E-state index contributed by atoms with van der Waals surface area (Å²) in [5.74, 6) is -0.304. The van der Waals surface area contributed by atoms with Crippen LogP contribution in [-0.4, -0.2) is 30.9 Å². The van der Waals surface area contributed by atoms with Gasteiger partial charge in [-0.05, 0) is 30.5 Å². The van der Waals surface area contributed by atoms with Crippen molar-refractivity contribution in [2.45, 2.75) is 4.90 Å². The summed E-state index contributed by atoms with van der Waals surface area (Å²) in [4.78, 5) is 13.7. The quantitative estimate of drug-likeness (QED) is 0.767. The summed E-state index contributed by atoms with van der Waals surface area (Å²) in [5, 5.41) is 8.67. The Kier molecular flexibility index (Phi) is 3.98. The van der Waals surface area contributed by atoms with Gasteiger partial charge >= 0.3 is 0 Å². The topological polar surface area (TPSA) is 40.5 Å². The average molecular weight is 211 g/mol. The number of rotatable bonds is 3. The highest BCUT2D eigenvalue weighted by Gasteiger charge is 2.08. The lowest BCUT2D eigenvalue weighted by Gasteiger charge is -2.15. The van der Waals surface area contributed by atoms with Crippen molar-refractivity contribution in [1.82, 2.24) is 0 Å². The van der Waals surface area contributed by atoms with Gasteiger partial charge in [0.05, 0.1) is 0 Å². The highest BCUT2D eigenvalue weighted by molar-refractivity contribution is 7.98. The number of hydrogen-bond acceptors (Lipinski definition) is 3. The van der Waals surface area contributed by atoms with E-state index in [0.717, 1.165) is 10.6 Å². The van der Waals surface area contributed by atoms with E-state index < -0.39 is 6.61 Å². The Morgan fingerprint density at radius 1 is 1.43 bits per heavy atom. The second-order valence-electron chi connectivity index (χ2n) is 2.81. The molecule has 0 fully saturated rings. The van der Waals surface area contributed by atoms with E-state index in [2.05, 4.69) is 0 Å². The first-order valence-electron chi connectivity index (χ1n) is 4.20. The van der Waals surface area contributed by atoms with Crippen LogP contribution in [0.2, 0.25) is 0 Å². The van der Waals surface area contributed by atoms with Gasteiger partial charge in [0.2, 0.25) is 0 Å². The molecule has 0 unspecified atom stereocenters. The van der Waals surface area contributed by atoms with Crippen LogP contribution in [0, 0.1) is 0 Å². The van der Waals surface area contributed by atoms with Crippen LogP contribution in [0.1, 0.15) is 0 Å². The minimum atomic E-state index is -0.458. The minimum Gasteiger partial charge on any atom is -0.387 e. The number of hydrogen-bond donors (Lipinski definition) is 1. The molecule has 1 rings (SSSR count). The summed E-state index contributed by atoms with van der Waals surface area (Å²) >= 11 is 1.65. The monoisotopic (exact) mass is 211 g/mol. The zero-order valence-electron chi connectivity index (χ0n) is 8.23. The maximum absolute atomic E-state index is 11.1. The van der Waals surface area contributed by atoms with Crippen LogP contribution in [-0.2, 0) is 4.79 Å². The maximum atomic E-state index is 11.1.